The summed E-state index contributed by atoms with van der Waals surface area (Å²) in [5, 5.41) is 11.4. The van der Waals surface area contributed by atoms with Gasteiger partial charge in [0.25, 0.3) is 5.91 Å². The van der Waals surface area contributed by atoms with Gasteiger partial charge in [-0.15, -0.1) is 0 Å². The number of carbonyl (C=O) groups excluding carboxylic acids is 2. The Morgan fingerprint density at radius 2 is 2.18 bits per heavy atom. The third-order valence-electron chi connectivity index (χ3n) is 3.63. The second kappa shape index (κ2) is 7.06. The summed E-state index contributed by atoms with van der Waals surface area (Å²) in [5.41, 5.74) is 1.20. The molecule has 2 rings (SSSR count). The maximum absolute atomic E-state index is 12.1. The van der Waals surface area contributed by atoms with Crippen molar-refractivity contribution in [3.8, 4) is 0 Å². The fourth-order valence-corrected chi connectivity index (χ4v) is 2.48. The van der Waals surface area contributed by atoms with Gasteiger partial charge in [0.05, 0.1) is 0 Å². The molecule has 1 fully saturated rings. The van der Waals surface area contributed by atoms with Crippen molar-refractivity contribution in [2.45, 2.75) is 26.2 Å². The molecular weight excluding hydrogens is 284 g/mol. The first kappa shape index (κ1) is 16.0. The van der Waals surface area contributed by atoms with Crippen LogP contribution in [0.25, 0.3) is 0 Å². The van der Waals surface area contributed by atoms with E-state index in [0.717, 1.165) is 12.1 Å². The van der Waals surface area contributed by atoms with Crippen LogP contribution in [-0.4, -0.2) is 36.0 Å². The average molecular weight is 304 g/mol. The fraction of sp³-hybridized carbons (Fsp3) is 0.438. The maximum Gasteiger partial charge on any atom is 0.303 e. The van der Waals surface area contributed by atoms with Crippen LogP contribution in [0.4, 0.5) is 5.69 Å². The zero-order valence-electron chi connectivity index (χ0n) is 12.5. The molecule has 0 radical (unpaired) electrons. The molecule has 1 aliphatic rings. The van der Waals surface area contributed by atoms with E-state index in [-0.39, 0.29) is 24.2 Å². The van der Waals surface area contributed by atoms with E-state index >= 15 is 0 Å². The van der Waals surface area contributed by atoms with Crippen molar-refractivity contribution in [3.05, 3.63) is 29.8 Å². The lowest BCUT2D eigenvalue weighted by Crippen LogP contribution is -2.29. The van der Waals surface area contributed by atoms with E-state index in [1.54, 1.807) is 30.0 Å². The van der Waals surface area contributed by atoms with E-state index in [1.165, 1.54) is 0 Å². The zero-order valence-corrected chi connectivity index (χ0v) is 12.5. The molecule has 1 unspecified atom stereocenters. The lowest BCUT2D eigenvalue weighted by molar-refractivity contribution is -0.137. The molecule has 1 aliphatic heterocycles. The summed E-state index contributed by atoms with van der Waals surface area (Å²) in [6, 6.07) is 6.94. The number of carboxylic acids is 1. The topological polar surface area (TPSA) is 86.7 Å². The molecule has 1 aromatic rings. The second-order valence-corrected chi connectivity index (χ2v) is 5.61. The van der Waals surface area contributed by atoms with Crippen molar-refractivity contribution < 1.29 is 19.5 Å². The normalized spacial score (nSPS) is 15.7. The Morgan fingerprint density at radius 3 is 2.82 bits per heavy atom. The van der Waals surface area contributed by atoms with Crippen molar-refractivity contribution in [1.82, 2.24) is 5.32 Å². The number of hydrogen-bond acceptors (Lipinski definition) is 3. The molecule has 118 valence electrons. The van der Waals surface area contributed by atoms with Crippen LogP contribution >= 0.6 is 0 Å². The van der Waals surface area contributed by atoms with Crippen LogP contribution < -0.4 is 10.2 Å². The fourth-order valence-electron chi connectivity index (χ4n) is 2.48. The van der Waals surface area contributed by atoms with Gasteiger partial charge in [0, 0.05) is 37.2 Å². The molecule has 0 aromatic heterocycles. The Bertz CT molecular complexity index is 585. The minimum atomic E-state index is -0.878. The van der Waals surface area contributed by atoms with Gasteiger partial charge in [-0.05, 0) is 30.5 Å². The number of carboxylic acid groups (broad SMARTS) is 1. The molecule has 2 N–H and O–H groups in total. The summed E-state index contributed by atoms with van der Waals surface area (Å²) >= 11 is 0. The highest BCUT2D eigenvalue weighted by atomic mass is 16.4. The SMILES string of the molecule is CC(CNC(=O)c1cccc(N2CCCC2=O)c1)CC(=O)O. The predicted molar refractivity (Wildman–Crippen MR) is 81.8 cm³/mol. The molecule has 1 aromatic carbocycles. The number of anilines is 1. The summed E-state index contributed by atoms with van der Waals surface area (Å²) in [7, 11) is 0. The third-order valence-corrected chi connectivity index (χ3v) is 3.63. The standard InChI is InChI=1S/C16H20N2O4/c1-11(8-15(20)21)10-17-16(22)12-4-2-5-13(9-12)18-7-3-6-14(18)19/h2,4-5,9,11H,3,6-8,10H2,1H3,(H,17,22)(H,20,21). The number of carbonyl (C=O) groups is 3. The molecule has 0 saturated carbocycles. The van der Waals surface area contributed by atoms with Gasteiger partial charge in [0.2, 0.25) is 5.91 Å². The van der Waals surface area contributed by atoms with Crippen LogP contribution in [0.1, 0.15) is 36.5 Å². The Morgan fingerprint density at radius 1 is 1.41 bits per heavy atom. The summed E-state index contributed by atoms with van der Waals surface area (Å²) < 4.78 is 0. The minimum Gasteiger partial charge on any atom is -0.481 e. The van der Waals surface area contributed by atoms with Crippen LogP contribution in [0.2, 0.25) is 0 Å². The first-order valence-electron chi connectivity index (χ1n) is 7.38. The van der Waals surface area contributed by atoms with E-state index < -0.39 is 5.97 Å². The highest BCUT2D eigenvalue weighted by molar-refractivity contribution is 5.99. The number of rotatable bonds is 6. The Balaban J connectivity index is 1.98. The highest BCUT2D eigenvalue weighted by Gasteiger charge is 2.22. The number of benzene rings is 1. The van der Waals surface area contributed by atoms with E-state index in [9.17, 15) is 14.4 Å². The van der Waals surface area contributed by atoms with Crippen LogP contribution in [-0.2, 0) is 9.59 Å². The predicted octanol–water partition coefficient (Wildman–Crippen LogP) is 1.65. The lowest BCUT2D eigenvalue weighted by Gasteiger charge is -2.16. The molecule has 2 amide bonds. The lowest BCUT2D eigenvalue weighted by atomic mass is 10.1. The van der Waals surface area contributed by atoms with Gasteiger partial charge < -0.3 is 15.3 Å². The van der Waals surface area contributed by atoms with Crippen molar-refractivity contribution >= 4 is 23.5 Å². The molecule has 1 atom stereocenters. The van der Waals surface area contributed by atoms with Crippen molar-refractivity contribution in [2.75, 3.05) is 18.0 Å². The van der Waals surface area contributed by atoms with Gasteiger partial charge in [-0.3, -0.25) is 14.4 Å². The number of nitrogens with zero attached hydrogens (tertiary/aromatic N) is 1. The molecule has 0 aliphatic carbocycles. The smallest absolute Gasteiger partial charge is 0.303 e. The van der Waals surface area contributed by atoms with E-state index in [0.29, 0.717) is 25.1 Å². The average Bonchev–Trinajstić information content (AvgIpc) is 2.90. The maximum atomic E-state index is 12.1. The summed E-state index contributed by atoms with van der Waals surface area (Å²) in [6.45, 7) is 2.76. The van der Waals surface area contributed by atoms with Gasteiger partial charge in [-0.25, -0.2) is 0 Å². The van der Waals surface area contributed by atoms with Gasteiger partial charge in [-0.1, -0.05) is 13.0 Å². The summed E-state index contributed by atoms with van der Waals surface area (Å²) in [6.07, 6.45) is 1.40. The van der Waals surface area contributed by atoms with Crippen LogP contribution in [0, 0.1) is 5.92 Å². The molecule has 6 nitrogen and oxygen atoms in total. The van der Waals surface area contributed by atoms with Crippen LogP contribution in [0.15, 0.2) is 24.3 Å². The first-order valence-corrected chi connectivity index (χ1v) is 7.38. The van der Waals surface area contributed by atoms with Gasteiger partial charge in [0.1, 0.15) is 0 Å². The Hall–Kier alpha value is -2.37. The Labute approximate surface area is 129 Å². The molecule has 6 heteroatoms. The van der Waals surface area contributed by atoms with Crippen molar-refractivity contribution in [1.29, 1.82) is 0 Å². The molecule has 1 saturated heterocycles. The molecular formula is C16H20N2O4. The third kappa shape index (κ3) is 4.07. The second-order valence-electron chi connectivity index (χ2n) is 5.61. The van der Waals surface area contributed by atoms with E-state index in [2.05, 4.69) is 5.32 Å². The number of aliphatic carboxylic acids is 1. The van der Waals surface area contributed by atoms with Crippen LogP contribution in [0.5, 0.6) is 0 Å². The first-order chi connectivity index (χ1) is 10.5. The van der Waals surface area contributed by atoms with Gasteiger partial charge in [-0.2, -0.15) is 0 Å². The van der Waals surface area contributed by atoms with E-state index in [1.807, 2.05) is 6.07 Å². The number of nitrogens with one attached hydrogen (secondary N) is 1. The van der Waals surface area contributed by atoms with Crippen molar-refractivity contribution in [3.63, 3.8) is 0 Å². The number of amides is 2. The van der Waals surface area contributed by atoms with Gasteiger partial charge >= 0.3 is 5.97 Å². The van der Waals surface area contributed by atoms with Gasteiger partial charge in [0.15, 0.2) is 0 Å². The molecule has 0 bridgehead atoms. The van der Waals surface area contributed by atoms with Crippen LogP contribution in [0.3, 0.4) is 0 Å². The summed E-state index contributed by atoms with van der Waals surface area (Å²) in [5.74, 6) is -1.19. The quantitative estimate of drug-likeness (QED) is 0.836. The molecule has 1 heterocycles. The highest BCUT2D eigenvalue weighted by Crippen LogP contribution is 2.22. The Kier molecular flexibility index (Phi) is 5.14. The largest absolute Gasteiger partial charge is 0.481 e. The monoisotopic (exact) mass is 304 g/mol. The number of hydrogen-bond donors (Lipinski definition) is 2. The summed E-state index contributed by atoms with van der Waals surface area (Å²) in [4.78, 5) is 36.1. The molecule has 22 heavy (non-hydrogen) atoms. The van der Waals surface area contributed by atoms with Crippen molar-refractivity contribution in [2.24, 2.45) is 5.92 Å². The zero-order chi connectivity index (χ0) is 16.1. The molecule has 0 spiro atoms. The van der Waals surface area contributed by atoms with E-state index in [4.69, 9.17) is 5.11 Å². The minimum absolute atomic E-state index is 0.0165.